The molecule has 0 saturated heterocycles. The van der Waals surface area contributed by atoms with Crippen LogP contribution in [0.5, 0.6) is 11.5 Å². The number of phenols is 1. The summed E-state index contributed by atoms with van der Waals surface area (Å²) >= 11 is -1.63. The summed E-state index contributed by atoms with van der Waals surface area (Å²) in [6.07, 6.45) is 1.19. The second-order valence-electron chi connectivity index (χ2n) is 7.32. The van der Waals surface area contributed by atoms with Gasteiger partial charge in [-0.25, -0.2) is 9.78 Å². The number of aliphatic hydroxyl groups excluding tert-OH is 1. The van der Waals surface area contributed by atoms with Crippen molar-refractivity contribution in [3.8, 4) is 11.5 Å². The minimum atomic E-state index is -1.63. The van der Waals surface area contributed by atoms with Crippen molar-refractivity contribution in [3.63, 3.8) is 0 Å². The lowest BCUT2D eigenvalue weighted by Gasteiger charge is -2.20. The summed E-state index contributed by atoms with van der Waals surface area (Å²) in [5.41, 5.74) is 0.732. The zero-order valence-electron chi connectivity index (χ0n) is 17.4. The van der Waals surface area contributed by atoms with Crippen LogP contribution in [0.15, 0.2) is 35.0 Å². The van der Waals surface area contributed by atoms with Gasteiger partial charge in [-0.1, -0.05) is 4.40 Å². The third-order valence-corrected chi connectivity index (χ3v) is 5.46. The number of aliphatic hydroxyl groups is 1. The van der Waals surface area contributed by atoms with E-state index in [9.17, 15) is 19.6 Å². The van der Waals surface area contributed by atoms with Crippen molar-refractivity contribution >= 4 is 23.0 Å². The van der Waals surface area contributed by atoms with E-state index in [4.69, 9.17) is 4.74 Å². The van der Waals surface area contributed by atoms with Crippen LogP contribution in [0.1, 0.15) is 55.0 Å². The van der Waals surface area contributed by atoms with E-state index in [-0.39, 0.29) is 29.3 Å². The Kier molecular flexibility index (Phi) is 7.77. The van der Waals surface area contributed by atoms with E-state index in [2.05, 4.69) is 19.1 Å². The van der Waals surface area contributed by atoms with Crippen molar-refractivity contribution in [1.29, 1.82) is 0 Å². The first-order chi connectivity index (χ1) is 14.1. The van der Waals surface area contributed by atoms with Gasteiger partial charge in [0, 0.05) is 18.1 Å². The van der Waals surface area contributed by atoms with Gasteiger partial charge < -0.3 is 24.2 Å². The largest absolute Gasteiger partial charge is 0.591 e. The Morgan fingerprint density at radius 1 is 1.27 bits per heavy atom. The smallest absolute Gasteiger partial charge is 0.358 e. The minimum absolute atomic E-state index is 0.00368. The van der Waals surface area contributed by atoms with Gasteiger partial charge in [-0.2, -0.15) is 0 Å². The number of aromatic hydroxyl groups is 1. The first-order valence-corrected chi connectivity index (χ1v) is 10.1. The zero-order chi connectivity index (χ0) is 22.5. The second-order valence-corrected chi connectivity index (χ2v) is 9.23. The van der Waals surface area contributed by atoms with Gasteiger partial charge in [0.1, 0.15) is 39.4 Å². The Labute approximate surface area is 178 Å². The molecule has 0 amide bonds. The highest BCUT2D eigenvalue weighted by molar-refractivity contribution is 7.91. The lowest BCUT2D eigenvalue weighted by atomic mass is 10.0. The molecule has 1 aromatic heterocycles. The number of ether oxygens (including phenoxy) is 2. The summed E-state index contributed by atoms with van der Waals surface area (Å²) in [6, 6.07) is 4.61. The molecule has 2 aromatic rings. The van der Waals surface area contributed by atoms with E-state index in [0.29, 0.717) is 11.3 Å². The Hall–Kier alpha value is -2.69. The van der Waals surface area contributed by atoms with Crippen molar-refractivity contribution in [2.45, 2.75) is 38.0 Å². The molecule has 1 heterocycles. The third kappa shape index (κ3) is 5.91. The fourth-order valence-corrected chi connectivity index (χ4v) is 2.97. The van der Waals surface area contributed by atoms with Gasteiger partial charge in [-0.05, 0) is 32.9 Å². The van der Waals surface area contributed by atoms with Gasteiger partial charge in [0.05, 0.1) is 32.3 Å². The van der Waals surface area contributed by atoms with E-state index >= 15 is 0 Å². The molecule has 9 nitrogen and oxygen atoms in total. The molecule has 0 aliphatic carbocycles. The Morgan fingerprint density at radius 2 is 1.97 bits per heavy atom. The van der Waals surface area contributed by atoms with Gasteiger partial charge in [-0.15, -0.1) is 0 Å². The molecule has 0 fully saturated rings. The number of esters is 1. The van der Waals surface area contributed by atoms with E-state index in [1.165, 1.54) is 32.7 Å². The maximum Gasteiger partial charge on any atom is 0.358 e. The number of methoxy groups -OCH3 is 2. The molecule has 1 aromatic carbocycles. The number of rotatable bonds is 7. The van der Waals surface area contributed by atoms with Crippen molar-refractivity contribution in [2.75, 3.05) is 14.2 Å². The second kappa shape index (κ2) is 9.88. The molecule has 0 bridgehead atoms. The SMILES string of the molecule is COC(=O)c1cnc(C(O)CC(=N[S+]([O-])C(C)(C)C)c2ccc(OC)cc2O)cn1. The monoisotopic (exact) mass is 435 g/mol. The van der Waals surface area contributed by atoms with Crippen LogP contribution in [-0.2, 0) is 16.1 Å². The highest BCUT2D eigenvalue weighted by Crippen LogP contribution is 2.29. The Bertz CT molecular complexity index is 912. The van der Waals surface area contributed by atoms with Crippen LogP contribution in [-0.4, -0.2) is 55.4 Å². The van der Waals surface area contributed by atoms with Gasteiger partial charge in [-0.3, -0.25) is 4.98 Å². The van der Waals surface area contributed by atoms with Gasteiger partial charge in [0.15, 0.2) is 5.69 Å². The Morgan fingerprint density at radius 3 is 2.47 bits per heavy atom. The van der Waals surface area contributed by atoms with Crippen LogP contribution >= 0.6 is 0 Å². The number of hydrogen-bond donors (Lipinski definition) is 2. The molecule has 10 heteroatoms. The number of carbonyl (C=O) groups excluding carboxylic acids is 1. The minimum Gasteiger partial charge on any atom is -0.591 e. The van der Waals surface area contributed by atoms with Crippen molar-refractivity contribution in [2.24, 2.45) is 4.40 Å². The van der Waals surface area contributed by atoms with Crippen LogP contribution in [0.4, 0.5) is 0 Å². The van der Waals surface area contributed by atoms with Crippen LogP contribution < -0.4 is 4.74 Å². The van der Waals surface area contributed by atoms with Crippen LogP contribution in [0.2, 0.25) is 0 Å². The predicted octanol–water partition coefficient (Wildman–Crippen LogP) is 2.35. The number of aromatic nitrogens is 2. The lowest BCUT2D eigenvalue weighted by Crippen LogP contribution is -2.27. The fraction of sp³-hybridized carbons (Fsp3) is 0.400. The number of carbonyl (C=O) groups is 1. The normalized spacial score (nSPS) is 14.2. The molecule has 30 heavy (non-hydrogen) atoms. The average molecular weight is 436 g/mol. The molecule has 2 rings (SSSR count). The first-order valence-electron chi connectivity index (χ1n) is 9.02. The van der Waals surface area contributed by atoms with Crippen LogP contribution in [0.25, 0.3) is 0 Å². The maximum absolute atomic E-state index is 12.6. The standard InChI is InChI=1S/C20H25N3O6S/c1-20(2,3)30(27)23-14(13-7-6-12(28-4)8-17(13)24)9-18(25)15-10-22-16(11-21-15)19(26)29-5/h6-8,10-11,18,24-25H,9H2,1-5H3. The average Bonchev–Trinajstić information content (AvgIpc) is 2.71. The first kappa shape index (κ1) is 23.6. The van der Waals surface area contributed by atoms with Crippen molar-refractivity contribution in [1.82, 2.24) is 9.97 Å². The molecule has 0 radical (unpaired) electrons. The zero-order valence-corrected chi connectivity index (χ0v) is 18.3. The summed E-state index contributed by atoms with van der Waals surface area (Å²) in [5, 5.41) is 21.0. The van der Waals surface area contributed by atoms with Gasteiger partial charge in [0.25, 0.3) is 0 Å². The number of nitrogens with zero attached hydrogens (tertiary/aromatic N) is 3. The highest BCUT2D eigenvalue weighted by Gasteiger charge is 2.29. The molecule has 2 atom stereocenters. The number of hydrogen-bond acceptors (Lipinski definition) is 9. The fourth-order valence-electron chi connectivity index (χ4n) is 2.32. The number of phenolic OH excluding ortho intramolecular Hbond substituents is 1. The summed E-state index contributed by atoms with van der Waals surface area (Å²) in [7, 11) is 2.70. The molecule has 162 valence electrons. The van der Waals surface area contributed by atoms with E-state index < -0.39 is 28.2 Å². The van der Waals surface area contributed by atoms with E-state index in [1.54, 1.807) is 32.9 Å². The third-order valence-electron chi connectivity index (χ3n) is 4.03. The van der Waals surface area contributed by atoms with Gasteiger partial charge >= 0.3 is 5.97 Å². The molecule has 0 aliphatic heterocycles. The van der Waals surface area contributed by atoms with Crippen molar-refractivity contribution in [3.05, 3.63) is 47.5 Å². The molecule has 0 saturated carbocycles. The number of benzene rings is 1. The molecule has 2 N–H and O–H groups in total. The predicted molar refractivity (Wildman–Crippen MR) is 112 cm³/mol. The van der Waals surface area contributed by atoms with E-state index in [1.807, 2.05) is 0 Å². The molecular formula is C20H25N3O6S. The van der Waals surface area contributed by atoms with Crippen LogP contribution in [0, 0.1) is 0 Å². The highest BCUT2D eigenvalue weighted by atomic mass is 32.2. The summed E-state index contributed by atoms with van der Waals surface area (Å²) in [5.74, 6) is -0.329. The summed E-state index contributed by atoms with van der Waals surface area (Å²) < 4.78 is 25.9. The maximum atomic E-state index is 12.6. The molecular weight excluding hydrogens is 410 g/mol. The Balaban J connectivity index is 2.37. The lowest BCUT2D eigenvalue weighted by molar-refractivity contribution is 0.0593. The summed E-state index contributed by atoms with van der Waals surface area (Å²) in [4.78, 5) is 19.5. The molecule has 0 aliphatic rings. The molecule has 2 unspecified atom stereocenters. The van der Waals surface area contributed by atoms with Crippen molar-refractivity contribution < 1.29 is 29.0 Å². The summed E-state index contributed by atoms with van der Waals surface area (Å²) in [6.45, 7) is 5.31. The topological polar surface area (TPSA) is 137 Å². The molecule has 0 spiro atoms. The van der Waals surface area contributed by atoms with Crippen LogP contribution in [0.3, 0.4) is 0 Å². The quantitative estimate of drug-likeness (QED) is 0.384. The van der Waals surface area contributed by atoms with E-state index in [0.717, 1.165) is 0 Å². The van der Waals surface area contributed by atoms with Gasteiger partial charge in [0.2, 0.25) is 0 Å².